The number of ether oxygens (including phenoxy) is 1. The van der Waals surface area contributed by atoms with Crippen LogP contribution in [-0.4, -0.2) is 18.9 Å². The normalized spacial score (nSPS) is 16.0. The first-order chi connectivity index (χ1) is 17.0. The number of nitrogens with one attached hydrogen (secondary N) is 1. The van der Waals surface area contributed by atoms with Crippen molar-refractivity contribution < 1.29 is 9.53 Å². The molecule has 1 atom stereocenters. The Labute approximate surface area is 215 Å². The number of ketones is 1. The minimum Gasteiger partial charge on any atom is -0.497 e. The van der Waals surface area contributed by atoms with Crippen LogP contribution in [-0.2, 0) is 17.6 Å². The number of allylic oxidation sites excluding steroid dienone is 3. The lowest BCUT2D eigenvalue weighted by molar-refractivity contribution is -0.116. The van der Waals surface area contributed by atoms with Gasteiger partial charge in [-0.15, -0.1) is 0 Å². The Morgan fingerprint density at radius 3 is 2.40 bits per heavy atom. The van der Waals surface area contributed by atoms with Gasteiger partial charge in [0.2, 0.25) is 0 Å². The summed E-state index contributed by atoms with van der Waals surface area (Å²) in [4.78, 5) is 10.7. The number of benzene rings is 2. The molecule has 4 rings (SSSR count). The summed E-state index contributed by atoms with van der Waals surface area (Å²) in [5.41, 5.74) is 8.45. The van der Waals surface area contributed by atoms with E-state index in [2.05, 4.69) is 49.6 Å². The average Bonchev–Trinajstić information content (AvgIpc) is 3.01. The van der Waals surface area contributed by atoms with Crippen molar-refractivity contribution in [2.45, 2.75) is 71.8 Å². The Hall–Kier alpha value is -2.78. The second kappa shape index (κ2) is 13.3. The van der Waals surface area contributed by atoms with Crippen LogP contribution in [0.2, 0.25) is 5.02 Å². The number of rotatable bonds is 7. The first-order valence-corrected chi connectivity index (χ1v) is 13.1. The van der Waals surface area contributed by atoms with E-state index in [1.165, 1.54) is 48.0 Å². The molecule has 1 heterocycles. The predicted octanol–water partition coefficient (Wildman–Crippen LogP) is 7.88. The van der Waals surface area contributed by atoms with Crippen molar-refractivity contribution in [1.29, 1.82) is 0 Å². The van der Waals surface area contributed by atoms with Gasteiger partial charge >= 0.3 is 0 Å². The summed E-state index contributed by atoms with van der Waals surface area (Å²) in [5.74, 6) is 1.00. The fourth-order valence-corrected chi connectivity index (χ4v) is 5.11. The first kappa shape index (κ1) is 26.8. The Morgan fingerprint density at radius 2 is 1.77 bits per heavy atom. The molecule has 0 saturated heterocycles. The molecule has 1 N–H and O–H groups in total. The molecule has 2 aromatic carbocycles. The van der Waals surface area contributed by atoms with Crippen LogP contribution in [0.15, 0.2) is 72.0 Å². The smallest absolute Gasteiger partial charge is 0.134 e. The SMILES string of the molecule is CCCC(CCC)=C1c2ccc(Cl)cc2CCC2=CC=CNC21.COc1ccc(CC(C)=O)cc1. The van der Waals surface area contributed by atoms with Crippen molar-refractivity contribution in [3.63, 3.8) is 0 Å². The quantitative estimate of drug-likeness (QED) is 0.428. The minimum absolute atomic E-state index is 0.181. The van der Waals surface area contributed by atoms with Crippen LogP contribution in [0.3, 0.4) is 0 Å². The van der Waals surface area contributed by atoms with Gasteiger partial charge in [0.15, 0.2) is 0 Å². The van der Waals surface area contributed by atoms with Crippen molar-refractivity contribution in [1.82, 2.24) is 5.32 Å². The zero-order valence-corrected chi connectivity index (χ0v) is 22.3. The molecule has 1 aliphatic carbocycles. The number of halogens is 1. The van der Waals surface area contributed by atoms with Gasteiger partial charge < -0.3 is 10.1 Å². The van der Waals surface area contributed by atoms with Crippen LogP contribution in [0.25, 0.3) is 5.57 Å². The van der Waals surface area contributed by atoms with Gasteiger partial charge in [0, 0.05) is 11.4 Å². The van der Waals surface area contributed by atoms with Gasteiger partial charge in [0.25, 0.3) is 0 Å². The second-order valence-electron chi connectivity index (χ2n) is 9.25. The average molecular weight is 492 g/mol. The monoisotopic (exact) mass is 491 g/mol. The molecule has 0 aromatic heterocycles. The van der Waals surface area contributed by atoms with Crippen LogP contribution < -0.4 is 10.1 Å². The molecule has 186 valence electrons. The summed E-state index contributed by atoms with van der Waals surface area (Å²) in [6.45, 7) is 6.14. The number of carbonyl (C=O) groups excluding carboxylic acids is 1. The molecule has 1 aliphatic heterocycles. The van der Waals surface area contributed by atoms with Crippen molar-refractivity contribution in [3.05, 3.63) is 93.7 Å². The number of carbonyl (C=O) groups is 1. The van der Waals surface area contributed by atoms with Gasteiger partial charge in [0.05, 0.1) is 13.2 Å². The molecular weight excluding hydrogens is 454 g/mol. The third kappa shape index (κ3) is 7.35. The number of hydrogen-bond acceptors (Lipinski definition) is 3. The Morgan fingerprint density at radius 1 is 1.06 bits per heavy atom. The van der Waals surface area contributed by atoms with E-state index in [0.717, 1.165) is 29.2 Å². The molecule has 0 amide bonds. The molecule has 3 nitrogen and oxygen atoms in total. The standard InChI is InChI=1S/C21H26ClN.C10H12O2/c1-3-6-15(7-4-2)20-19-12-11-18(22)14-17(19)10-9-16-8-5-13-23-21(16)20;1-8(11)7-9-3-5-10(12-2)6-4-9/h5,8,11-14,21,23H,3-4,6-7,9-10H2,1-2H3;3-6H,7H2,1-2H3. The topological polar surface area (TPSA) is 38.3 Å². The zero-order chi connectivity index (χ0) is 25.2. The zero-order valence-electron chi connectivity index (χ0n) is 21.5. The number of methoxy groups -OCH3 is 1. The Kier molecular flexibility index (Phi) is 10.2. The lowest BCUT2D eigenvalue weighted by Gasteiger charge is -2.27. The summed E-state index contributed by atoms with van der Waals surface area (Å²) in [6, 6.07) is 14.3. The van der Waals surface area contributed by atoms with Gasteiger partial charge in [-0.05, 0) is 97.0 Å². The maximum atomic E-state index is 10.7. The second-order valence-corrected chi connectivity index (χ2v) is 9.68. The van der Waals surface area contributed by atoms with Crippen molar-refractivity contribution >= 4 is 23.0 Å². The van der Waals surface area contributed by atoms with Crippen LogP contribution in [0, 0.1) is 0 Å². The van der Waals surface area contributed by atoms with Crippen molar-refractivity contribution in [2.24, 2.45) is 0 Å². The van der Waals surface area contributed by atoms with E-state index in [1.54, 1.807) is 19.6 Å². The highest BCUT2D eigenvalue weighted by Gasteiger charge is 2.28. The third-order valence-electron chi connectivity index (χ3n) is 6.47. The number of Topliss-reactive ketones (excluding diaryl/α,β-unsaturated/α-hetero) is 1. The van der Waals surface area contributed by atoms with E-state index in [0.29, 0.717) is 12.5 Å². The molecule has 0 spiro atoms. The molecule has 0 saturated carbocycles. The van der Waals surface area contributed by atoms with Crippen molar-refractivity contribution in [2.75, 3.05) is 7.11 Å². The van der Waals surface area contributed by atoms with E-state index in [1.807, 2.05) is 30.3 Å². The Bertz CT molecular complexity index is 1090. The fourth-order valence-electron chi connectivity index (χ4n) is 4.91. The minimum atomic E-state index is 0.181. The van der Waals surface area contributed by atoms with E-state index in [4.69, 9.17) is 16.3 Å². The number of aryl methyl sites for hydroxylation is 1. The third-order valence-corrected chi connectivity index (χ3v) is 6.70. The van der Waals surface area contributed by atoms with Crippen LogP contribution in [0.1, 0.15) is 69.6 Å². The predicted molar refractivity (Wildman–Crippen MR) is 148 cm³/mol. The van der Waals surface area contributed by atoms with E-state index >= 15 is 0 Å². The molecule has 2 aliphatic rings. The molecule has 35 heavy (non-hydrogen) atoms. The van der Waals surface area contributed by atoms with Crippen LogP contribution in [0.4, 0.5) is 0 Å². The van der Waals surface area contributed by atoms with Crippen LogP contribution in [0.5, 0.6) is 5.75 Å². The highest BCUT2D eigenvalue weighted by Crippen LogP contribution is 2.39. The van der Waals surface area contributed by atoms with Crippen molar-refractivity contribution in [3.8, 4) is 5.75 Å². The number of dihydropyridines is 1. The highest BCUT2D eigenvalue weighted by molar-refractivity contribution is 6.30. The maximum absolute atomic E-state index is 10.7. The summed E-state index contributed by atoms with van der Waals surface area (Å²) in [5, 5.41) is 4.47. The fraction of sp³-hybridized carbons (Fsp3) is 0.387. The highest BCUT2D eigenvalue weighted by atomic mass is 35.5. The number of fused-ring (bicyclic) bond motifs is 2. The molecule has 2 aromatic rings. The Balaban J connectivity index is 0.000000241. The molecular formula is C31H38ClNO2. The maximum Gasteiger partial charge on any atom is 0.134 e. The van der Waals surface area contributed by atoms with E-state index in [-0.39, 0.29) is 5.78 Å². The van der Waals surface area contributed by atoms with Gasteiger partial charge in [-0.2, -0.15) is 0 Å². The summed E-state index contributed by atoms with van der Waals surface area (Å²) >= 11 is 6.27. The molecule has 0 bridgehead atoms. The summed E-state index contributed by atoms with van der Waals surface area (Å²) < 4.78 is 4.99. The largest absolute Gasteiger partial charge is 0.497 e. The van der Waals surface area contributed by atoms with Gasteiger partial charge in [-0.3, -0.25) is 4.79 Å². The summed E-state index contributed by atoms with van der Waals surface area (Å²) in [6.07, 6.45) is 13.9. The van der Waals surface area contributed by atoms with Crippen LogP contribution >= 0.6 is 11.6 Å². The number of hydrogen-bond donors (Lipinski definition) is 1. The van der Waals surface area contributed by atoms with Gasteiger partial charge in [0.1, 0.15) is 11.5 Å². The molecule has 1 unspecified atom stereocenters. The lowest BCUT2D eigenvalue weighted by Crippen LogP contribution is -2.30. The lowest BCUT2D eigenvalue weighted by atomic mass is 9.85. The van der Waals surface area contributed by atoms with Gasteiger partial charge in [-0.25, -0.2) is 0 Å². The first-order valence-electron chi connectivity index (χ1n) is 12.7. The molecule has 0 radical (unpaired) electrons. The molecule has 0 fully saturated rings. The summed E-state index contributed by atoms with van der Waals surface area (Å²) in [7, 11) is 1.62. The van der Waals surface area contributed by atoms with E-state index in [9.17, 15) is 4.79 Å². The van der Waals surface area contributed by atoms with E-state index < -0.39 is 0 Å². The molecule has 4 heteroatoms. The van der Waals surface area contributed by atoms with Gasteiger partial charge in [-0.1, -0.05) is 68.1 Å².